The van der Waals surface area contributed by atoms with E-state index in [4.69, 9.17) is 3.83 Å². The van der Waals surface area contributed by atoms with E-state index in [1.807, 2.05) is 0 Å². The molecule has 0 heterocycles. The van der Waals surface area contributed by atoms with E-state index in [0.717, 1.165) is 0 Å². The van der Waals surface area contributed by atoms with Crippen LogP contribution in [0.25, 0.3) is 0 Å². The second kappa shape index (κ2) is 35.8. The summed E-state index contributed by atoms with van der Waals surface area (Å²) in [5.41, 5.74) is 0. The van der Waals surface area contributed by atoms with E-state index < -0.39 is 0 Å². The molecule has 0 aromatic rings. The van der Waals surface area contributed by atoms with Gasteiger partial charge in [0, 0.05) is 69.7 Å². The van der Waals surface area contributed by atoms with E-state index >= 15 is 0 Å². The zero-order chi connectivity index (χ0) is 2.00. The Morgan fingerprint density at radius 1 is 1.33 bits per heavy atom. The molecule has 6 heteroatoms. The van der Waals surface area contributed by atoms with Crippen molar-refractivity contribution in [2.24, 2.45) is 0 Å². The molecular formula is H2CuFeLaMnOSr. The van der Waals surface area contributed by atoms with Gasteiger partial charge < -0.3 is 2.85 Å². The SMILES string of the molecule is [Fe].[H-].[H-].[La].[Mn].[O]=[Cu].[Sr+2]. The van der Waals surface area contributed by atoms with Gasteiger partial charge in [-0.1, -0.05) is 0 Å². The van der Waals surface area contributed by atoms with Crippen LogP contribution in [0.3, 0.4) is 0 Å². The maximum atomic E-state index is 7.81. The second-order valence-electron chi connectivity index (χ2n) is 0. The first-order valence-electron chi connectivity index (χ1n) is 0.123. The van der Waals surface area contributed by atoms with Gasteiger partial charge in [0.05, 0.1) is 0 Å². The van der Waals surface area contributed by atoms with Crippen LogP contribution >= 0.6 is 0 Å². The Morgan fingerprint density at radius 2 is 1.33 bits per heavy atom. The van der Waals surface area contributed by atoms with Gasteiger partial charge in [0.15, 0.2) is 0 Å². The molecule has 0 spiro atoms. The van der Waals surface area contributed by atoms with Crippen molar-refractivity contribution in [1.82, 2.24) is 0 Å². The van der Waals surface area contributed by atoms with Crippen LogP contribution in [0, 0.1) is 35.6 Å². The molecular weight excluding hydrogens is 417 g/mol. The Morgan fingerprint density at radius 3 is 1.33 bits per heavy atom. The van der Waals surface area contributed by atoms with E-state index in [9.17, 15) is 0 Å². The molecule has 0 bridgehead atoms. The van der Waals surface area contributed by atoms with Crippen LogP contribution in [-0.2, 0) is 53.9 Å². The van der Waals surface area contributed by atoms with Crippen molar-refractivity contribution in [2.75, 3.05) is 0 Å². The predicted octanol–water partition coefficient (Wildman–Crippen LogP) is -0.282. The molecule has 0 aromatic heterocycles. The summed E-state index contributed by atoms with van der Waals surface area (Å²) in [6.45, 7) is 0. The van der Waals surface area contributed by atoms with Crippen LogP contribution in [0.4, 0.5) is 0 Å². The van der Waals surface area contributed by atoms with E-state index in [1.54, 1.807) is 0 Å². The van der Waals surface area contributed by atoms with Crippen molar-refractivity contribution in [3.05, 3.63) is 0 Å². The van der Waals surface area contributed by atoms with Gasteiger partial charge in [-0.3, -0.25) is 0 Å². The van der Waals surface area contributed by atoms with E-state index in [0.29, 0.717) is 0 Å². The predicted molar refractivity (Wildman–Crippen MR) is 8.66 cm³/mol. The minimum atomic E-state index is 0. The molecule has 0 amide bonds. The van der Waals surface area contributed by atoms with Crippen molar-refractivity contribution >= 4 is 45.5 Å². The minimum Gasteiger partial charge on any atom is 2.00 e. The van der Waals surface area contributed by atoms with Gasteiger partial charge in [0.25, 0.3) is 0 Å². The molecule has 39 valence electrons. The van der Waals surface area contributed by atoms with Crippen molar-refractivity contribution in [1.29, 1.82) is 0 Å². The van der Waals surface area contributed by atoms with Crippen LogP contribution in [0.1, 0.15) is 2.85 Å². The third-order valence-corrected chi connectivity index (χ3v) is 0. The van der Waals surface area contributed by atoms with Crippen molar-refractivity contribution < 1.29 is 92.4 Å². The molecule has 0 aliphatic rings. The summed E-state index contributed by atoms with van der Waals surface area (Å²) in [6.07, 6.45) is 0. The Labute approximate surface area is 134 Å². The van der Waals surface area contributed by atoms with Gasteiger partial charge in [0.1, 0.15) is 0 Å². The summed E-state index contributed by atoms with van der Waals surface area (Å²) < 4.78 is 7.81. The molecule has 0 fully saturated rings. The molecule has 0 atom stereocenters. The summed E-state index contributed by atoms with van der Waals surface area (Å²) in [4.78, 5) is 0. The largest absolute Gasteiger partial charge is 2.00 e. The van der Waals surface area contributed by atoms with Gasteiger partial charge in [0.2, 0.25) is 0 Å². The molecule has 0 aliphatic carbocycles. The van der Waals surface area contributed by atoms with Gasteiger partial charge in [-0.15, -0.1) is 0 Å². The number of hydrogen-bond donors (Lipinski definition) is 0. The third kappa shape index (κ3) is 24.4. The summed E-state index contributed by atoms with van der Waals surface area (Å²) in [5.74, 6) is 0. The Kier molecular flexibility index (Phi) is 193. The molecule has 2 radical (unpaired) electrons. The Hall–Kier alpha value is 4.03. The first-order chi connectivity index (χ1) is 1.00. The fourth-order valence-corrected chi connectivity index (χ4v) is 0. The van der Waals surface area contributed by atoms with Crippen LogP contribution < -0.4 is 0 Å². The fourth-order valence-electron chi connectivity index (χ4n) is 0. The van der Waals surface area contributed by atoms with E-state index in [-0.39, 0.29) is 118 Å². The average Bonchev–Trinajstić information content (AvgIpc) is 1.00. The first kappa shape index (κ1) is 32.3. The second-order valence-corrected chi connectivity index (χ2v) is 0. The van der Waals surface area contributed by atoms with Crippen molar-refractivity contribution in [3.8, 4) is 0 Å². The summed E-state index contributed by atoms with van der Waals surface area (Å²) in [7, 11) is 0. The molecule has 0 saturated heterocycles. The topological polar surface area (TPSA) is 17.1 Å². The van der Waals surface area contributed by atoms with Gasteiger partial charge in [-0.2, -0.15) is 0 Å². The third-order valence-electron chi connectivity index (χ3n) is 0. The van der Waals surface area contributed by atoms with Gasteiger partial charge in [-0.05, 0) is 0 Å². The number of hydrogen-bond acceptors (Lipinski definition) is 1. The maximum Gasteiger partial charge on any atom is 2.00 e. The zero-order valence-corrected chi connectivity index (χ0v) is 13.1. The molecule has 0 saturated carbocycles. The summed E-state index contributed by atoms with van der Waals surface area (Å²) in [6, 6.07) is 0. The van der Waals surface area contributed by atoms with Crippen LogP contribution in [0.15, 0.2) is 0 Å². The van der Waals surface area contributed by atoms with Crippen LogP contribution in [0.5, 0.6) is 0 Å². The van der Waals surface area contributed by atoms with Crippen LogP contribution in [-0.4, -0.2) is 45.5 Å². The maximum absolute atomic E-state index is 7.81. The molecule has 6 heavy (non-hydrogen) atoms. The average molecular weight is 419 g/mol. The normalized spacial score (nSPS) is 1.00. The van der Waals surface area contributed by atoms with Crippen LogP contribution in [0.2, 0.25) is 0 Å². The zero-order valence-electron chi connectivity index (χ0n) is 4.73. The van der Waals surface area contributed by atoms with Gasteiger partial charge >= 0.3 is 65.3 Å². The molecule has 0 rings (SSSR count). The molecule has 0 N–H and O–H groups in total. The monoisotopic (exact) mass is 419 g/mol. The van der Waals surface area contributed by atoms with Crippen molar-refractivity contribution in [3.63, 3.8) is 0 Å². The number of rotatable bonds is 0. The quantitative estimate of drug-likeness (QED) is 0.495. The summed E-state index contributed by atoms with van der Waals surface area (Å²) >= 11 is 2.94. The first-order valence-corrected chi connectivity index (χ1v) is 0.508. The van der Waals surface area contributed by atoms with Gasteiger partial charge in [-0.25, -0.2) is 0 Å². The standard InChI is InChI=1S/Cu.Fe.La.Mn.O.Sr.2H/q;;;;;+2;2*-1. The van der Waals surface area contributed by atoms with E-state index in [1.165, 1.54) is 0 Å². The smallest absolute Gasteiger partial charge is 2.00 e. The fraction of sp³-hybridized carbons (Fsp3) is 0. The minimum absolute atomic E-state index is 0. The molecule has 0 unspecified atom stereocenters. The Bertz CT molecular complexity index is 22.0. The van der Waals surface area contributed by atoms with Crippen molar-refractivity contribution in [2.45, 2.75) is 0 Å². The Balaban J connectivity index is -0.000000000333. The van der Waals surface area contributed by atoms with E-state index in [2.05, 4.69) is 15.9 Å². The molecule has 0 aliphatic heterocycles. The molecule has 0 aromatic carbocycles. The molecule has 1 nitrogen and oxygen atoms in total. The summed E-state index contributed by atoms with van der Waals surface area (Å²) in [5, 5.41) is 0.